The summed E-state index contributed by atoms with van der Waals surface area (Å²) in [5, 5.41) is 8.75. The van der Waals surface area contributed by atoms with E-state index in [-0.39, 0.29) is 6.61 Å². The summed E-state index contributed by atoms with van der Waals surface area (Å²) in [6.45, 7) is 5.80. The summed E-state index contributed by atoms with van der Waals surface area (Å²) < 4.78 is 5.40. The summed E-state index contributed by atoms with van der Waals surface area (Å²) in [4.78, 5) is 5.12. The van der Waals surface area contributed by atoms with Crippen molar-refractivity contribution in [2.24, 2.45) is 0 Å². The van der Waals surface area contributed by atoms with E-state index in [1.165, 1.54) is 31.4 Å². The zero-order valence-electron chi connectivity index (χ0n) is 14.3. The lowest BCUT2D eigenvalue weighted by molar-refractivity contribution is 0.0388. The number of aliphatic hydroxyl groups excluding tert-OH is 1. The fraction of sp³-hybridized carbons (Fsp3) is 0.684. The van der Waals surface area contributed by atoms with E-state index in [0.717, 1.165) is 26.2 Å². The molecule has 4 nitrogen and oxygen atoms in total. The van der Waals surface area contributed by atoms with E-state index in [9.17, 15) is 0 Å². The van der Waals surface area contributed by atoms with Gasteiger partial charge >= 0.3 is 0 Å². The van der Waals surface area contributed by atoms with Crippen LogP contribution in [0.2, 0.25) is 0 Å². The van der Waals surface area contributed by atoms with Gasteiger partial charge in [-0.15, -0.1) is 0 Å². The Bertz CT molecular complexity index is 472. The number of aliphatic hydroxyl groups is 1. The Morgan fingerprint density at radius 2 is 1.91 bits per heavy atom. The van der Waals surface area contributed by atoms with Gasteiger partial charge in [-0.3, -0.25) is 4.90 Å². The summed E-state index contributed by atoms with van der Waals surface area (Å²) in [5.41, 5.74) is 1.89. The number of likely N-dealkylation sites (tertiary alicyclic amines) is 2. The molecule has 128 valence electrons. The van der Waals surface area contributed by atoms with Crippen molar-refractivity contribution in [1.29, 1.82) is 0 Å². The smallest absolute Gasteiger partial charge is 0.0698 e. The number of benzene rings is 1. The molecule has 0 aliphatic carbocycles. The molecule has 3 rings (SSSR count). The highest BCUT2D eigenvalue weighted by molar-refractivity contribution is 5.23. The molecule has 23 heavy (non-hydrogen) atoms. The van der Waals surface area contributed by atoms with E-state index in [2.05, 4.69) is 47.2 Å². The summed E-state index contributed by atoms with van der Waals surface area (Å²) in [5.74, 6) is 0.681. The van der Waals surface area contributed by atoms with Gasteiger partial charge in [0.1, 0.15) is 0 Å². The molecule has 4 heteroatoms. The van der Waals surface area contributed by atoms with Gasteiger partial charge in [-0.1, -0.05) is 30.3 Å². The van der Waals surface area contributed by atoms with E-state index in [1.807, 2.05) is 0 Å². The van der Waals surface area contributed by atoms with Crippen LogP contribution in [-0.4, -0.2) is 73.5 Å². The largest absolute Gasteiger partial charge is 0.394 e. The third-order valence-electron chi connectivity index (χ3n) is 5.78. The number of hydrogen-bond donors (Lipinski definition) is 1. The van der Waals surface area contributed by atoms with Crippen LogP contribution in [0.5, 0.6) is 0 Å². The molecule has 2 aliphatic rings. The van der Waals surface area contributed by atoms with Crippen molar-refractivity contribution >= 4 is 0 Å². The fourth-order valence-electron chi connectivity index (χ4n) is 4.29. The Balaban J connectivity index is 1.51. The maximum absolute atomic E-state index is 8.75. The Hall–Kier alpha value is -0.940. The van der Waals surface area contributed by atoms with Gasteiger partial charge < -0.3 is 14.7 Å². The van der Waals surface area contributed by atoms with Gasteiger partial charge in [-0.2, -0.15) is 0 Å². The summed E-state index contributed by atoms with van der Waals surface area (Å²) >= 11 is 0. The standard InChI is InChI=1S/C19H30N2O2/c1-20-16-18(17-5-3-2-4-6-17)15-19(20)7-9-21(10-8-19)11-13-23-14-12-22/h2-6,18,22H,7-16H2,1H3. The van der Waals surface area contributed by atoms with Crippen molar-refractivity contribution in [3.8, 4) is 0 Å². The third-order valence-corrected chi connectivity index (χ3v) is 5.78. The van der Waals surface area contributed by atoms with Gasteiger partial charge in [0, 0.05) is 18.6 Å². The molecule has 0 aromatic heterocycles. The minimum Gasteiger partial charge on any atom is -0.394 e. The number of ether oxygens (including phenoxy) is 1. The highest BCUT2D eigenvalue weighted by Gasteiger charge is 2.45. The van der Waals surface area contributed by atoms with Crippen molar-refractivity contribution in [3.05, 3.63) is 35.9 Å². The number of rotatable bonds is 6. The first-order chi connectivity index (χ1) is 11.2. The first-order valence-corrected chi connectivity index (χ1v) is 8.91. The van der Waals surface area contributed by atoms with Crippen LogP contribution >= 0.6 is 0 Å². The molecule has 0 bridgehead atoms. The molecular weight excluding hydrogens is 288 g/mol. The number of hydrogen-bond acceptors (Lipinski definition) is 4. The van der Waals surface area contributed by atoms with Gasteiger partial charge in [-0.05, 0) is 50.9 Å². The van der Waals surface area contributed by atoms with E-state index in [1.54, 1.807) is 0 Å². The maximum atomic E-state index is 8.75. The van der Waals surface area contributed by atoms with Gasteiger partial charge in [0.2, 0.25) is 0 Å². The Morgan fingerprint density at radius 3 is 2.61 bits per heavy atom. The predicted molar refractivity (Wildman–Crippen MR) is 92.7 cm³/mol. The molecule has 1 N–H and O–H groups in total. The van der Waals surface area contributed by atoms with E-state index >= 15 is 0 Å². The Morgan fingerprint density at radius 1 is 1.17 bits per heavy atom. The van der Waals surface area contributed by atoms with Crippen molar-refractivity contribution in [2.45, 2.75) is 30.7 Å². The van der Waals surface area contributed by atoms with Crippen molar-refractivity contribution in [2.75, 3.05) is 53.0 Å². The molecule has 1 spiro atoms. The summed E-state index contributed by atoms with van der Waals surface area (Å²) in [6, 6.07) is 11.0. The van der Waals surface area contributed by atoms with Crippen LogP contribution in [0.1, 0.15) is 30.7 Å². The second-order valence-electron chi connectivity index (χ2n) is 7.09. The molecule has 2 heterocycles. The SMILES string of the molecule is CN1CC(c2ccccc2)CC12CCN(CCOCCO)CC2. The first kappa shape index (κ1) is 16.9. The van der Waals surface area contributed by atoms with E-state index in [4.69, 9.17) is 9.84 Å². The minimum atomic E-state index is 0.120. The molecule has 1 atom stereocenters. The Labute approximate surface area is 140 Å². The molecule has 0 saturated carbocycles. The zero-order valence-corrected chi connectivity index (χ0v) is 14.3. The average Bonchev–Trinajstić information content (AvgIpc) is 2.91. The number of piperidine rings is 1. The molecular formula is C19H30N2O2. The molecule has 2 fully saturated rings. The van der Waals surface area contributed by atoms with Gasteiger partial charge in [-0.25, -0.2) is 0 Å². The van der Waals surface area contributed by atoms with E-state index < -0.39 is 0 Å². The minimum absolute atomic E-state index is 0.120. The number of nitrogens with zero attached hydrogens (tertiary/aromatic N) is 2. The summed E-state index contributed by atoms with van der Waals surface area (Å²) in [7, 11) is 2.31. The monoisotopic (exact) mass is 318 g/mol. The second-order valence-corrected chi connectivity index (χ2v) is 7.09. The molecule has 2 saturated heterocycles. The van der Waals surface area contributed by atoms with Crippen LogP contribution in [0.15, 0.2) is 30.3 Å². The molecule has 1 aromatic carbocycles. The highest BCUT2D eigenvalue weighted by Crippen LogP contribution is 2.43. The second kappa shape index (κ2) is 7.75. The van der Waals surface area contributed by atoms with Crippen LogP contribution in [0, 0.1) is 0 Å². The first-order valence-electron chi connectivity index (χ1n) is 8.91. The lowest BCUT2D eigenvalue weighted by Gasteiger charge is -2.43. The fourth-order valence-corrected chi connectivity index (χ4v) is 4.29. The highest BCUT2D eigenvalue weighted by atomic mass is 16.5. The molecule has 2 aliphatic heterocycles. The average molecular weight is 318 g/mol. The van der Waals surface area contributed by atoms with Gasteiger partial charge in [0.25, 0.3) is 0 Å². The topological polar surface area (TPSA) is 35.9 Å². The normalized spacial score (nSPS) is 25.2. The van der Waals surface area contributed by atoms with Gasteiger partial charge in [0.05, 0.1) is 19.8 Å². The van der Waals surface area contributed by atoms with Crippen molar-refractivity contribution in [3.63, 3.8) is 0 Å². The zero-order chi connectivity index (χ0) is 16.1. The van der Waals surface area contributed by atoms with Crippen LogP contribution < -0.4 is 0 Å². The molecule has 1 aromatic rings. The predicted octanol–water partition coefficient (Wildman–Crippen LogP) is 1.95. The van der Waals surface area contributed by atoms with Crippen LogP contribution in [0.25, 0.3) is 0 Å². The van der Waals surface area contributed by atoms with Gasteiger partial charge in [0.15, 0.2) is 0 Å². The Kier molecular flexibility index (Phi) is 5.70. The molecule has 0 radical (unpaired) electrons. The van der Waals surface area contributed by atoms with Crippen molar-refractivity contribution < 1.29 is 9.84 Å². The maximum Gasteiger partial charge on any atom is 0.0698 e. The molecule has 1 unspecified atom stereocenters. The van der Waals surface area contributed by atoms with Crippen LogP contribution in [0.4, 0.5) is 0 Å². The lowest BCUT2D eigenvalue weighted by Crippen LogP contribution is -2.51. The lowest BCUT2D eigenvalue weighted by atomic mass is 9.81. The van der Waals surface area contributed by atoms with Crippen LogP contribution in [0.3, 0.4) is 0 Å². The third kappa shape index (κ3) is 3.94. The van der Waals surface area contributed by atoms with Crippen molar-refractivity contribution in [1.82, 2.24) is 9.80 Å². The number of likely N-dealkylation sites (N-methyl/N-ethyl adjacent to an activating group) is 1. The molecule has 0 amide bonds. The quantitative estimate of drug-likeness (QED) is 0.813. The summed E-state index contributed by atoms with van der Waals surface area (Å²) in [6.07, 6.45) is 3.81. The van der Waals surface area contributed by atoms with Crippen LogP contribution in [-0.2, 0) is 4.74 Å². The van der Waals surface area contributed by atoms with E-state index in [0.29, 0.717) is 18.1 Å².